The van der Waals surface area contributed by atoms with Crippen LogP contribution in [0.25, 0.3) is 0 Å². The number of nitrogens with zero attached hydrogens (tertiary/aromatic N) is 2. The molecule has 8 nitrogen and oxygen atoms in total. The number of hydrogen-bond donors (Lipinski definition) is 0. The zero-order valence-corrected chi connectivity index (χ0v) is 13.2. The molecular formula is C16H9ClN2O6. The Bertz CT molecular complexity index is 887. The van der Waals surface area contributed by atoms with E-state index < -0.39 is 16.7 Å². The van der Waals surface area contributed by atoms with E-state index in [0.29, 0.717) is 4.90 Å². The predicted octanol–water partition coefficient (Wildman–Crippen LogP) is 3.92. The summed E-state index contributed by atoms with van der Waals surface area (Å²) >= 11 is 6.08. The molecule has 0 saturated heterocycles. The molecule has 0 saturated carbocycles. The molecule has 0 aliphatic heterocycles. The summed E-state index contributed by atoms with van der Waals surface area (Å²) in [6.45, 7) is 0. The predicted molar refractivity (Wildman–Crippen MR) is 86.7 cm³/mol. The van der Waals surface area contributed by atoms with Gasteiger partial charge in [-0.3, -0.25) is 19.7 Å². The van der Waals surface area contributed by atoms with Crippen LogP contribution in [0, 0.1) is 10.1 Å². The van der Waals surface area contributed by atoms with E-state index in [1.165, 1.54) is 48.9 Å². The molecule has 1 aromatic carbocycles. The van der Waals surface area contributed by atoms with Gasteiger partial charge in [-0.15, -0.1) is 0 Å². The van der Waals surface area contributed by atoms with Gasteiger partial charge in [-0.05, 0) is 30.3 Å². The van der Waals surface area contributed by atoms with Gasteiger partial charge in [0.1, 0.15) is 0 Å². The van der Waals surface area contributed by atoms with Crippen molar-refractivity contribution in [3.63, 3.8) is 0 Å². The van der Waals surface area contributed by atoms with Crippen molar-refractivity contribution >= 4 is 34.8 Å². The Hall–Kier alpha value is -3.39. The molecule has 0 radical (unpaired) electrons. The van der Waals surface area contributed by atoms with E-state index in [0.717, 1.165) is 6.07 Å². The van der Waals surface area contributed by atoms with Crippen molar-refractivity contribution in [2.75, 3.05) is 4.90 Å². The standard InChI is InChI=1S/C16H9ClN2O6/c17-11-6-5-10(19(22)23)9-12(11)18(15(20)13-3-1-7-24-13)16(21)14-4-2-8-25-14/h1-9H. The van der Waals surface area contributed by atoms with Crippen molar-refractivity contribution in [3.05, 3.63) is 81.6 Å². The average molecular weight is 361 g/mol. The number of nitro benzene ring substituents is 1. The summed E-state index contributed by atoms with van der Waals surface area (Å²) in [6.07, 6.45) is 2.52. The van der Waals surface area contributed by atoms with Gasteiger partial charge in [-0.1, -0.05) is 11.6 Å². The molecule has 0 bridgehead atoms. The van der Waals surface area contributed by atoms with E-state index in [4.69, 9.17) is 20.4 Å². The van der Waals surface area contributed by atoms with E-state index in [1.807, 2.05) is 0 Å². The number of rotatable bonds is 4. The van der Waals surface area contributed by atoms with E-state index in [-0.39, 0.29) is 27.9 Å². The number of benzene rings is 1. The minimum atomic E-state index is -0.839. The van der Waals surface area contributed by atoms with E-state index in [2.05, 4.69) is 0 Å². The van der Waals surface area contributed by atoms with Crippen LogP contribution in [-0.4, -0.2) is 16.7 Å². The van der Waals surface area contributed by atoms with Crippen LogP contribution < -0.4 is 4.90 Å². The fourth-order valence-corrected chi connectivity index (χ4v) is 2.32. The molecule has 0 unspecified atom stereocenters. The van der Waals surface area contributed by atoms with Gasteiger partial charge in [0.15, 0.2) is 11.5 Å². The van der Waals surface area contributed by atoms with Gasteiger partial charge in [0.05, 0.1) is 28.2 Å². The first kappa shape index (κ1) is 16.5. The maximum Gasteiger partial charge on any atom is 0.301 e. The number of hydrogen-bond acceptors (Lipinski definition) is 6. The van der Waals surface area contributed by atoms with Crippen molar-refractivity contribution in [2.45, 2.75) is 0 Å². The van der Waals surface area contributed by atoms with Gasteiger partial charge in [-0.25, -0.2) is 4.90 Å². The maximum atomic E-state index is 12.7. The van der Waals surface area contributed by atoms with Crippen LogP contribution in [0.1, 0.15) is 21.1 Å². The molecule has 0 aliphatic rings. The molecule has 0 N–H and O–H groups in total. The number of amides is 2. The topological polar surface area (TPSA) is 107 Å². The quantitative estimate of drug-likeness (QED) is 0.396. The lowest BCUT2D eigenvalue weighted by Gasteiger charge is -2.19. The Morgan fingerprint density at radius 1 is 1.00 bits per heavy atom. The van der Waals surface area contributed by atoms with Gasteiger partial charge in [0.25, 0.3) is 5.69 Å². The van der Waals surface area contributed by atoms with Crippen LogP contribution in [0.3, 0.4) is 0 Å². The first-order valence-corrected chi connectivity index (χ1v) is 7.26. The average Bonchev–Trinajstić information content (AvgIpc) is 3.30. The molecule has 9 heteroatoms. The van der Waals surface area contributed by atoms with Crippen LogP contribution in [0.4, 0.5) is 11.4 Å². The molecule has 126 valence electrons. The molecule has 0 atom stereocenters. The van der Waals surface area contributed by atoms with Crippen LogP contribution in [0.5, 0.6) is 0 Å². The van der Waals surface area contributed by atoms with E-state index >= 15 is 0 Å². The third-order valence-electron chi connectivity index (χ3n) is 3.25. The Morgan fingerprint density at radius 3 is 2.00 bits per heavy atom. The first-order chi connectivity index (χ1) is 12.0. The van der Waals surface area contributed by atoms with E-state index in [1.54, 1.807) is 0 Å². The monoisotopic (exact) mass is 360 g/mol. The fourth-order valence-electron chi connectivity index (χ4n) is 2.12. The molecule has 0 aliphatic carbocycles. The van der Waals surface area contributed by atoms with Crippen molar-refractivity contribution in [2.24, 2.45) is 0 Å². The Balaban J connectivity index is 2.14. The number of imide groups is 1. The lowest BCUT2D eigenvalue weighted by atomic mass is 10.2. The Morgan fingerprint density at radius 2 is 1.56 bits per heavy atom. The van der Waals surface area contributed by atoms with Gasteiger partial charge in [-0.2, -0.15) is 0 Å². The number of furan rings is 2. The van der Waals surface area contributed by atoms with Gasteiger partial charge in [0, 0.05) is 12.1 Å². The number of nitro groups is 1. The maximum absolute atomic E-state index is 12.7. The third-order valence-corrected chi connectivity index (χ3v) is 3.57. The van der Waals surface area contributed by atoms with Crippen molar-refractivity contribution < 1.29 is 23.3 Å². The van der Waals surface area contributed by atoms with Crippen molar-refractivity contribution in [1.82, 2.24) is 0 Å². The molecule has 2 amide bonds. The fraction of sp³-hybridized carbons (Fsp3) is 0. The molecule has 3 aromatic rings. The lowest BCUT2D eigenvalue weighted by Crippen LogP contribution is -2.37. The number of anilines is 1. The molecule has 0 spiro atoms. The van der Waals surface area contributed by atoms with Crippen LogP contribution in [-0.2, 0) is 0 Å². The number of halogens is 1. The van der Waals surface area contributed by atoms with Crippen LogP contribution >= 0.6 is 11.6 Å². The second-order valence-corrected chi connectivity index (χ2v) is 5.20. The number of carbonyl (C=O) groups excluding carboxylic acids is 2. The highest BCUT2D eigenvalue weighted by atomic mass is 35.5. The van der Waals surface area contributed by atoms with Gasteiger partial charge >= 0.3 is 11.8 Å². The van der Waals surface area contributed by atoms with Crippen LogP contribution in [0.15, 0.2) is 63.8 Å². The number of carbonyl (C=O) groups is 2. The van der Waals surface area contributed by atoms with Crippen molar-refractivity contribution in [3.8, 4) is 0 Å². The Kier molecular flexibility index (Phi) is 4.36. The highest BCUT2D eigenvalue weighted by molar-refractivity contribution is 6.36. The zero-order valence-electron chi connectivity index (χ0n) is 12.4. The van der Waals surface area contributed by atoms with E-state index in [9.17, 15) is 19.7 Å². The lowest BCUT2D eigenvalue weighted by molar-refractivity contribution is -0.384. The minimum absolute atomic E-state index is 0.0228. The summed E-state index contributed by atoms with van der Waals surface area (Å²) in [4.78, 5) is 36.5. The highest BCUT2D eigenvalue weighted by Gasteiger charge is 2.32. The summed E-state index contributed by atoms with van der Waals surface area (Å²) < 4.78 is 10.1. The highest BCUT2D eigenvalue weighted by Crippen LogP contribution is 2.32. The smallest absolute Gasteiger partial charge is 0.301 e. The molecule has 3 rings (SSSR count). The third kappa shape index (κ3) is 3.15. The molecule has 2 heterocycles. The SMILES string of the molecule is O=C(c1ccco1)N(C(=O)c1ccco1)c1cc([N+](=O)[O-])ccc1Cl. The zero-order chi connectivity index (χ0) is 18.0. The number of non-ortho nitro benzene ring substituents is 1. The largest absolute Gasteiger partial charge is 0.459 e. The first-order valence-electron chi connectivity index (χ1n) is 6.89. The summed E-state index contributed by atoms with van der Waals surface area (Å²) in [5, 5.41) is 11.0. The molecule has 0 fully saturated rings. The summed E-state index contributed by atoms with van der Waals surface area (Å²) in [5.41, 5.74) is -0.484. The summed E-state index contributed by atoms with van der Waals surface area (Å²) in [7, 11) is 0. The van der Waals surface area contributed by atoms with Crippen LogP contribution in [0.2, 0.25) is 5.02 Å². The minimum Gasteiger partial charge on any atom is -0.459 e. The Labute approximate surface area is 145 Å². The summed E-state index contributed by atoms with van der Waals surface area (Å²) in [5.74, 6) is -1.95. The second kappa shape index (κ2) is 6.62. The molecular weight excluding hydrogens is 352 g/mol. The second-order valence-electron chi connectivity index (χ2n) is 4.79. The molecule has 25 heavy (non-hydrogen) atoms. The van der Waals surface area contributed by atoms with Crippen molar-refractivity contribution in [1.29, 1.82) is 0 Å². The van der Waals surface area contributed by atoms with Gasteiger partial charge in [0.2, 0.25) is 0 Å². The molecule has 2 aromatic heterocycles. The normalized spacial score (nSPS) is 10.4. The summed E-state index contributed by atoms with van der Waals surface area (Å²) in [6, 6.07) is 9.08. The van der Waals surface area contributed by atoms with Gasteiger partial charge < -0.3 is 8.83 Å².